The zero-order chi connectivity index (χ0) is 18.0. The molecule has 1 aromatic rings. The second kappa shape index (κ2) is 7.33. The fourth-order valence-corrected chi connectivity index (χ4v) is 3.66. The molecule has 0 saturated carbocycles. The Labute approximate surface area is 149 Å². The van der Waals surface area contributed by atoms with Crippen molar-refractivity contribution in [2.45, 2.75) is 31.7 Å². The molecule has 0 spiro atoms. The van der Waals surface area contributed by atoms with Crippen molar-refractivity contribution in [1.29, 1.82) is 0 Å². The fraction of sp³-hybridized carbons (Fsp3) is 0.579. The molecule has 2 aliphatic heterocycles. The van der Waals surface area contributed by atoms with Crippen molar-refractivity contribution >= 4 is 11.9 Å². The zero-order valence-corrected chi connectivity index (χ0v) is 15.2. The van der Waals surface area contributed by atoms with Crippen molar-refractivity contribution in [1.82, 2.24) is 15.1 Å². The molecule has 136 valence electrons. The summed E-state index contributed by atoms with van der Waals surface area (Å²) in [5.74, 6) is 1.18. The SMILES string of the molecule is C[C@@H](NC(=O)C1CCN(C(=O)N(C)C)CC1)[C@@H]1COc2ccccc21. The number of nitrogens with one attached hydrogen (secondary N) is 1. The van der Waals surface area contributed by atoms with Gasteiger partial charge < -0.3 is 19.9 Å². The van der Waals surface area contributed by atoms with Crippen molar-refractivity contribution in [2.24, 2.45) is 5.92 Å². The number of likely N-dealkylation sites (tertiary alicyclic amines) is 1. The van der Waals surface area contributed by atoms with E-state index in [1.807, 2.05) is 30.0 Å². The summed E-state index contributed by atoms with van der Waals surface area (Å²) in [4.78, 5) is 28.0. The molecule has 0 unspecified atom stereocenters. The van der Waals surface area contributed by atoms with E-state index in [0.717, 1.165) is 18.6 Å². The lowest BCUT2D eigenvalue weighted by Gasteiger charge is -2.33. The molecule has 2 atom stereocenters. The van der Waals surface area contributed by atoms with E-state index >= 15 is 0 Å². The first-order valence-corrected chi connectivity index (χ1v) is 8.95. The number of benzene rings is 1. The lowest BCUT2D eigenvalue weighted by molar-refractivity contribution is -0.127. The van der Waals surface area contributed by atoms with Gasteiger partial charge in [0.1, 0.15) is 5.75 Å². The van der Waals surface area contributed by atoms with E-state index < -0.39 is 0 Å². The predicted octanol–water partition coefficient (Wildman–Crippen LogP) is 2.06. The van der Waals surface area contributed by atoms with Crippen LogP contribution in [0.1, 0.15) is 31.2 Å². The van der Waals surface area contributed by atoms with Gasteiger partial charge in [-0.25, -0.2) is 4.79 Å². The smallest absolute Gasteiger partial charge is 0.319 e. The third-order valence-corrected chi connectivity index (χ3v) is 5.23. The van der Waals surface area contributed by atoms with Crippen LogP contribution < -0.4 is 10.1 Å². The maximum Gasteiger partial charge on any atom is 0.319 e. The molecule has 2 heterocycles. The molecule has 25 heavy (non-hydrogen) atoms. The van der Waals surface area contributed by atoms with Crippen LogP contribution in [0.4, 0.5) is 4.79 Å². The first-order chi connectivity index (χ1) is 12.0. The summed E-state index contributed by atoms with van der Waals surface area (Å²) in [5, 5.41) is 3.17. The molecule has 0 aromatic heterocycles. The number of piperidine rings is 1. The number of rotatable bonds is 3. The maximum absolute atomic E-state index is 12.6. The predicted molar refractivity (Wildman–Crippen MR) is 95.7 cm³/mol. The molecule has 1 N–H and O–H groups in total. The number of nitrogens with zero attached hydrogens (tertiary/aromatic N) is 2. The van der Waals surface area contributed by atoms with E-state index in [1.165, 1.54) is 5.56 Å². The third-order valence-electron chi connectivity index (χ3n) is 5.23. The number of para-hydroxylation sites is 1. The summed E-state index contributed by atoms with van der Waals surface area (Å²) in [7, 11) is 3.51. The van der Waals surface area contributed by atoms with Gasteiger partial charge in [-0.3, -0.25) is 4.79 Å². The van der Waals surface area contributed by atoms with Gasteiger partial charge in [0.25, 0.3) is 0 Å². The molecular weight excluding hydrogens is 318 g/mol. The minimum Gasteiger partial charge on any atom is -0.493 e. The average molecular weight is 345 g/mol. The lowest BCUT2D eigenvalue weighted by atomic mass is 9.92. The molecule has 0 aliphatic carbocycles. The minimum absolute atomic E-state index is 0.0203. The highest BCUT2D eigenvalue weighted by molar-refractivity contribution is 5.80. The summed E-state index contributed by atoms with van der Waals surface area (Å²) < 4.78 is 5.72. The molecule has 6 heteroatoms. The average Bonchev–Trinajstić information content (AvgIpc) is 3.05. The first kappa shape index (κ1) is 17.6. The summed E-state index contributed by atoms with van der Waals surface area (Å²) in [6.07, 6.45) is 1.44. The summed E-state index contributed by atoms with van der Waals surface area (Å²) >= 11 is 0. The quantitative estimate of drug-likeness (QED) is 0.912. The van der Waals surface area contributed by atoms with E-state index in [1.54, 1.807) is 19.0 Å². The van der Waals surface area contributed by atoms with Crippen molar-refractivity contribution in [3.8, 4) is 5.75 Å². The summed E-state index contributed by atoms with van der Waals surface area (Å²) in [6.45, 7) is 3.92. The van der Waals surface area contributed by atoms with Crippen LogP contribution in [-0.4, -0.2) is 61.6 Å². The number of fused-ring (bicyclic) bond motifs is 1. The van der Waals surface area contributed by atoms with E-state index in [0.29, 0.717) is 19.7 Å². The zero-order valence-electron chi connectivity index (χ0n) is 15.2. The Hall–Kier alpha value is -2.24. The van der Waals surface area contributed by atoms with Crippen LogP contribution in [0, 0.1) is 5.92 Å². The highest BCUT2D eigenvalue weighted by Gasteiger charge is 2.32. The van der Waals surface area contributed by atoms with Gasteiger partial charge >= 0.3 is 6.03 Å². The second-order valence-electron chi connectivity index (χ2n) is 7.19. The highest BCUT2D eigenvalue weighted by atomic mass is 16.5. The molecule has 1 saturated heterocycles. The Morgan fingerprint density at radius 2 is 1.92 bits per heavy atom. The van der Waals surface area contributed by atoms with Gasteiger partial charge in [0.2, 0.25) is 5.91 Å². The normalized spacial score (nSPS) is 21.2. The molecule has 6 nitrogen and oxygen atoms in total. The summed E-state index contributed by atoms with van der Waals surface area (Å²) in [5.41, 5.74) is 1.17. The Morgan fingerprint density at radius 3 is 2.60 bits per heavy atom. The van der Waals surface area contributed by atoms with Gasteiger partial charge in [-0.1, -0.05) is 18.2 Å². The second-order valence-corrected chi connectivity index (χ2v) is 7.19. The van der Waals surface area contributed by atoms with Crippen LogP contribution in [0.15, 0.2) is 24.3 Å². The number of carbonyl (C=O) groups excluding carboxylic acids is 2. The Morgan fingerprint density at radius 1 is 1.24 bits per heavy atom. The fourth-order valence-electron chi connectivity index (χ4n) is 3.66. The lowest BCUT2D eigenvalue weighted by Crippen LogP contribution is -2.48. The van der Waals surface area contributed by atoms with E-state index in [2.05, 4.69) is 11.4 Å². The molecule has 3 rings (SSSR count). The molecular formula is C19H27N3O3. The van der Waals surface area contributed by atoms with Crippen LogP contribution in [0.3, 0.4) is 0 Å². The molecule has 3 amide bonds. The Balaban J connectivity index is 1.53. The van der Waals surface area contributed by atoms with E-state index in [-0.39, 0.29) is 29.8 Å². The van der Waals surface area contributed by atoms with Gasteiger partial charge in [0.05, 0.1) is 6.61 Å². The van der Waals surface area contributed by atoms with Crippen LogP contribution >= 0.6 is 0 Å². The number of hydrogen-bond acceptors (Lipinski definition) is 3. The number of hydrogen-bond donors (Lipinski definition) is 1. The first-order valence-electron chi connectivity index (χ1n) is 8.95. The van der Waals surface area contributed by atoms with Gasteiger partial charge in [-0.2, -0.15) is 0 Å². The Bertz CT molecular complexity index is 639. The maximum atomic E-state index is 12.6. The molecule has 1 fully saturated rings. The van der Waals surface area contributed by atoms with Gasteiger partial charge in [-0.15, -0.1) is 0 Å². The number of amides is 3. The largest absolute Gasteiger partial charge is 0.493 e. The van der Waals surface area contributed by atoms with Crippen LogP contribution in [-0.2, 0) is 4.79 Å². The van der Waals surface area contributed by atoms with Crippen molar-refractivity contribution in [3.05, 3.63) is 29.8 Å². The molecule has 0 radical (unpaired) electrons. The number of carbonyl (C=O) groups is 2. The molecule has 1 aromatic carbocycles. The topological polar surface area (TPSA) is 61.9 Å². The summed E-state index contributed by atoms with van der Waals surface area (Å²) in [6, 6.07) is 8.06. The highest BCUT2D eigenvalue weighted by Crippen LogP contribution is 2.35. The molecule has 2 aliphatic rings. The van der Waals surface area contributed by atoms with Crippen molar-refractivity contribution < 1.29 is 14.3 Å². The number of ether oxygens (including phenoxy) is 1. The van der Waals surface area contributed by atoms with Crippen LogP contribution in [0.25, 0.3) is 0 Å². The van der Waals surface area contributed by atoms with Crippen LogP contribution in [0.5, 0.6) is 5.75 Å². The standard InChI is InChI=1S/C19H27N3O3/c1-13(16-12-25-17-7-5-4-6-15(16)17)20-18(23)14-8-10-22(11-9-14)19(24)21(2)3/h4-7,13-14,16H,8-12H2,1-3H3,(H,20,23)/t13-,16+/m1/s1. The molecule has 0 bridgehead atoms. The van der Waals surface area contributed by atoms with E-state index in [4.69, 9.17) is 4.74 Å². The van der Waals surface area contributed by atoms with Crippen molar-refractivity contribution in [2.75, 3.05) is 33.8 Å². The third kappa shape index (κ3) is 3.72. The van der Waals surface area contributed by atoms with E-state index in [9.17, 15) is 9.59 Å². The van der Waals surface area contributed by atoms with Crippen LogP contribution in [0.2, 0.25) is 0 Å². The van der Waals surface area contributed by atoms with Gasteiger partial charge in [0, 0.05) is 50.6 Å². The monoisotopic (exact) mass is 345 g/mol. The van der Waals surface area contributed by atoms with Gasteiger partial charge in [0.15, 0.2) is 0 Å². The number of urea groups is 1. The van der Waals surface area contributed by atoms with Crippen molar-refractivity contribution in [3.63, 3.8) is 0 Å². The minimum atomic E-state index is -0.0220. The Kier molecular flexibility index (Phi) is 5.16. The van der Waals surface area contributed by atoms with Gasteiger partial charge in [-0.05, 0) is 25.8 Å².